The van der Waals surface area contributed by atoms with E-state index in [1.54, 1.807) is 19.1 Å². The number of aromatic nitrogens is 4. The summed E-state index contributed by atoms with van der Waals surface area (Å²) in [5.74, 6) is 1.09. The first-order chi connectivity index (χ1) is 10.1. The molecule has 0 radical (unpaired) electrons. The molecular weight excluding hydrogens is 290 g/mol. The first kappa shape index (κ1) is 13.5. The molecule has 0 saturated heterocycles. The van der Waals surface area contributed by atoms with Gasteiger partial charge in [-0.05, 0) is 38.1 Å². The number of carbonyl (C=O) groups excluding carboxylic acids is 1. The SMILES string of the molecule is CC(=O)c1ccc(Nc2c(Cl)c(C)nc3ncnn23)cc1. The third-order valence-electron chi connectivity index (χ3n) is 3.09. The minimum absolute atomic E-state index is 0.0259. The van der Waals surface area contributed by atoms with Gasteiger partial charge in [-0.15, -0.1) is 0 Å². The van der Waals surface area contributed by atoms with Crippen LogP contribution in [-0.4, -0.2) is 25.4 Å². The van der Waals surface area contributed by atoms with Gasteiger partial charge in [-0.3, -0.25) is 4.79 Å². The van der Waals surface area contributed by atoms with Crippen LogP contribution in [0.1, 0.15) is 23.0 Å². The maximum Gasteiger partial charge on any atom is 0.254 e. The van der Waals surface area contributed by atoms with E-state index < -0.39 is 0 Å². The summed E-state index contributed by atoms with van der Waals surface area (Å²) < 4.78 is 1.54. The van der Waals surface area contributed by atoms with Gasteiger partial charge in [0, 0.05) is 11.3 Å². The number of rotatable bonds is 3. The monoisotopic (exact) mass is 301 g/mol. The number of fused-ring (bicyclic) bond motifs is 1. The van der Waals surface area contributed by atoms with Gasteiger partial charge in [0.05, 0.1) is 5.69 Å². The quantitative estimate of drug-likeness (QED) is 0.753. The van der Waals surface area contributed by atoms with Gasteiger partial charge in [-0.1, -0.05) is 11.6 Å². The molecule has 1 aromatic carbocycles. The van der Waals surface area contributed by atoms with Gasteiger partial charge >= 0.3 is 0 Å². The van der Waals surface area contributed by atoms with Crippen LogP contribution in [0.3, 0.4) is 0 Å². The highest BCUT2D eigenvalue weighted by Crippen LogP contribution is 2.27. The Labute approximate surface area is 125 Å². The molecule has 0 amide bonds. The second kappa shape index (κ2) is 5.14. The zero-order valence-electron chi connectivity index (χ0n) is 11.5. The Balaban J connectivity index is 2.03. The zero-order valence-corrected chi connectivity index (χ0v) is 12.2. The fourth-order valence-electron chi connectivity index (χ4n) is 1.97. The number of benzene rings is 1. The Morgan fingerprint density at radius 1 is 1.29 bits per heavy atom. The number of halogens is 1. The van der Waals surface area contributed by atoms with Crippen LogP contribution in [-0.2, 0) is 0 Å². The molecule has 21 heavy (non-hydrogen) atoms. The largest absolute Gasteiger partial charge is 0.339 e. The Morgan fingerprint density at radius 2 is 2.00 bits per heavy atom. The molecule has 0 aliphatic carbocycles. The molecule has 0 bridgehead atoms. The molecular formula is C14H12ClN5O. The van der Waals surface area contributed by atoms with Crippen molar-refractivity contribution < 1.29 is 4.79 Å². The number of hydrogen-bond donors (Lipinski definition) is 1. The molecule has 0 aliphatic rings. The standard InChI is InChI=1S/C14H12ClN5O/c1-8-12(15)13(20-14(18-8)16-7-17-20)19-11-5-3-10(4-6-11)9(2)21/h3-7,19H,1-2H3. The van der Waals surface area contributed by atoms with Gasteiger partial charge in [0.1, 0.15) is 11.3 Å². The van der Waals surface area contributed by atoms with Crippen LogP contribution in [0.2, 0.25) is 5.02 Å². The summed E-state index contributed by atoms with van der Waals surface area (Å²) in [7, 11) is 0. The smallest absolute Gasteiger partial charge is 0.254 e. The molecule has 0 saturated carbocycles. The van der Waals surface area contributed by atoms with E-state index in [4.69, 9.17) is 11.6 Å². The number of Topliss-reactive ketones (excluding diaryl/α,β-unsaturated/α-hetero) is 1. The molecule has 6 nitrogen and oxygen atoms in total. The van der Waals surface area contributed by atoms with E-state index in [0.717, 1.165) is 5.69 Å². The third kappa shape index (κ3) is 2.45. The van der Waals surface area contributed by atoms with Crippen LogP contribution in [0.25, 0.3) is 5.78 Å². The van der Waals surface area contributed by atoms with Crippen molar-refractivity contribution in [3.8, 4) is 0 Å². The molecule has 2 aromatic heterocycles. The molecule has 3 aromatic rings. The van der Waals surface area contributed by atoms with Crippen LogP contribution >= 0.6 is 11.6 Å². The topological polar surface area (TPSA) is 72.2 Å². The van der Waals surface area contributed by atoms with Crippen LogP contribution < -0.4 is 5.32 Å². The average molecular weight is 302 g/mol. The van der Waals surface area contributed by atoms with Gasteiger partial charge in [0.15, 0.2) is 11.6 Å². The van der Waals surface area contributed by atoms with Gasteiger partial charge in [0.2, 0.25) is 0 Å². The average Bonchev–Trinajstić information content (AvgIpc) is 2.92. The fourth-order valence-corrected chi connectivity index (χ4v) is 2.14. The minimum Gasteiger partial charge on any atom is -0.339 e. The van der Waals surface area contributed by atoms with E-state index in [1.165, 1.54) is 17.8 Å². The Morgan fingerprint density at radius 3 is 2.67 bits per heavy atom. The summed E-state index contributed by atoms with van der Waals surface area (Å²) in [6, 6.07) is 7.13. The predicted molar refractivity (Wildman–Crippen MR) is 80.3 cm³/mol. The lowest BCUT2D eigenvalue weighted by Gasteiger charge is -2.11. The van der Waals surface area contributed by atoms with Crippen LogP contribution in [0.4, 0.5) is 11.5 Å². The van der Waals surface area contributed by atoms with Gasteiger partial charge < -0.3 is 5.32 Å². The third-order valence-corrected chi connectivity index (χ3v) is 3.54. The number of aryl methyl sites for hydroxylation is 1. The van der Waals surface area contributed by atoms with Crippen LogP contribution in [0.5, 0.6) is 0 Å². The lowest BCUT2D eigenvalue weighted by Crippen LogP contribution is -2.04. The van der Waals surface area contributed by atoms with Crippen molar-refractivity contribution in [1.82, 2.24) is 19.6 Å². The number of hydrogen-bond acceptors (Lipinski definition) is 5. The molecule has 3 rings (SSSR count). The van der Waals surface area contributed by atoms with Crippen molar-refractivity contribution in [3.63, 3.8) is 0 Å². The summed E-state index contributed by atoms with van der Waals surface area (Å²) in [4.78, 5) is 19.6. The molecule has 0 atom stereocenters. The van der Waals surface area contributed by atoms with Crippen molar-refractivity contribution >= 4 is 34.7 Å². The number of ketones is 1. The van der Waals surface area contributed by atoms with E-state index in [0.29, 0.717) is 27.9 Å². The Kier molecular flexibility index (Phi) is 3.31. The summed E-state index contributed by atoms with van der Waals surface area (Å²) >= 11 is 6.29. The van der Waals surface area contributed by atoms with Gasteiger partial charge in [0.25, 0.3) is 5.78 Å². The van der Waals surface area contributed by atoms with Crippen molar-refractivity contribution in [2.24, 2.45) is 0 Å². The van der Waals surface area contributed by atoms with Gasteiger partial charge in [-0.2, -0.15) is 14.6 Å². The number of carbonyl (C=O) groups is 1. The molecule has 2 heterocycles. The Bertz CT molecular complexity index is 825. The number of anilines is 2. The lowest BCUT2D eigenvalue weighted by atomic mass is 10.1. The Hall–Kier alpha value is -2.47. The van der Waals surface area contributed by atoms with Crippen LogP contribution in [0, 0.1) is 6.92 Å². The van der Waals surface area contributed by atoms with Crippen molar-refractivity contribution in [2.75, 3.05) is 5.32 Å². The zero-order chi connectivity index (χ0) is 15.0. The lowest BCUT2D eigenvalue weighted by molar-refractivity contribution is 0.101. The number of nitrogens with zero attached hydrogens (tertiary/aromatic N) is 4. The first-order valence-electron chi connectivity index (χ1n) is 6.30. The van der Waals surface area contributed by atoms with E-state index >= 15 is 0 Å². The second-order valence-electron chi connectivity index (χ2n) is 4.59. The van der Waals surface area contributed by atoms with Gasteiger partial charge in [-0.25, -0.2) is 4.98 Å². The molecule has 1 N–H and O–H groups in total. The van der Waals surface area contributed by atoms with Crippen LogP contribution in [0.15, 0.2) is 30.6 Å². The fraction of sp³-hybridized carbons (Fsp3) is 0.143. The van der Waals surface area contributed by atoms with E-state index in [-0.39, 0.29) is 5.78 Å². The van der Waals surface area contributed by atoms with Crippen molar-refractivity contribution in [2.45, 2.75) is 13.8 Å². The second-order valence-corrected chi connectivity index (χ2v) is 4.97. The molecule has 7 heteroatoms. The first-order valence-corrected chi connectivity index (χ1v) is 6.68. The maximum absolute atomic E-state index is 11.3. The summed E-state index contributed by atoms with van der Waals surface area (Å²) in [5.41, 5.74) is 2.12. The highest BCUT2D eigenvalue weighted by atomic mass is 35.5. The van der Waals surface area contributed by atoms with E-state index in [2.05, 4.69) is 20.4 Å². The normalized spacial score (nSPS) is 10.8. The molecule has 0 unspecified atom stereocenters. The molecule has 106 valence electrons. The summed E-state index contributed by atoms with van der Waals surface area (Å²) in [6.07, 6.45) is 1.42. The molecule has 0 fully saturated rings. The minimum atomic E-state index is 0.0259. The summed E-state index contributed by atoms with van der Waals surface area (Å²) in [5, 5.41) is 7.77. The predicted octanol–water partition coefficient (Wildman–Crippen LogP) is 3.03. The highest BCUT2D eigenvalue weighted by molar-refractivity contribution is 6.33. The van der Waals surface area contributed by atoms with Crippen molar-refractivity contribution in [3.05, 3.63) is 46.9 Å². The van der Waals surface area contributed by atoms with E-state index in [9.17, 15) is 4.79 Å². The van der Waals surface area contributed by atoms with Crippen molar-refractivity contribution in [1.29, 1.82) is 0 Å². The molecule has 0 aliphatic heterocycles. The summed E-state index contributed by atoms with van der Waals surface area (Å²) in [6.45, 7) is 3.34. The van der Waals surface area contributed by atoms with E-state index in [1.807, 2.05) is 12.1 Å². The highest BCUT2D eigenvalue weighted by Gasteiger charge is 2.13. The number of nitrogens with one attached hydrogen (secondary N) is 1. The maximum atomic E-state index is 11.3. The molecule has 0 spiro atoms.